The molecule has 2 N–H and O–H groups in total. The summed E-state index contributed by atoms with van der Waals surface area (Å²) in [5, 5.41) is 7.96. The molecule has 1 aromatic heterocycles. The van der Waals surface area contributed by atoms with Gasteiger partial charge in [-0.25, -0.2) is 4.98 Å². The molecule has 0 aliphatic carbocycles. The van der Waals surface area contributed by atoms with Crippen molar-refractivity contribution in [3.05, 3.63) is 46.4 Å². The van der Waals surface area contributed by atoms with Gasteiger partial charge in [0.2, 0.25) is 0 Å². The quantitative estimate of drug-likeness (QED) is 0.842. The Bertz CT molecular complexity index is 508. The molecule has 0 aliphatic rings. The summed E-state index contributed by atoms with van der Waals surface area (Å²) in [6.07, 6.45) is 2.96. The van der Waals surface area contributed by atoms with Crippen molar-refractivity contribution in [1.29, 1.82) is 0 Å². The molecule has 1 aromatic carbocycles. The van der Waals surface area contributed by atoms with Crippen molar-refractivity contribution >= 4 is 34.4 Å². The van der Waals surface area contributed by atoms with E-state index >= 15 is 0 Å². The molecule has 0 amide bonds. The molecule has 0 aliphatic heterocycles. The summed E-state index contributed by atoms with van der Waals surface area (Å²) in [5.41, 5.74) is 0.989. The average molecular weight is 277 g/mol. The molecule has 0 bridgehead atoms. The molecule has 94 valence electrons. The third-order valence-corrected chi connectivity index (χ3v) is 3.77. The highest BCUT2D eigenvalue weighted by molar-refractivity contribution is 7.80. The highest BCUT2D eigenvalue weighted by Gasteiger charge is 2.01. The Balaban J connectivity index is 1.81. The smallest absolute Gasteiger partial charge is 0.171 e. The van der Waals surface area contributed by atoms with E-state index in [0.717, 1.165) is 17.1 Å². The predicted molar refractivity (Wildman–Crippen MR) is 81.0 cm³/mol. The lowest BCUT2D eigenvalue weighted by Crippen LogP contribution is -2.27. The number of aryl methyl sites for hydroxylation is 1. The normalized spacial score (nSPS) is 10.1. The van der Waals surface area contributed by atoms with E-state index in [9.17, 15) is 0 Å². The first-order chi connectivity index (χ1) is 8.78. The number of anilines is 1. The fraction of sp³-hybridized carbons (Fsp3) is 0.231. The Morgan fingerprint density at radius 1 is 1.33 bits per heavy atom. The van der Waals surface area contributed by atoms with Crippen LogP contribution in [0.4, 0.5) is 5.69 Å². The van der Waals surface area contributed by atoms with Crippen molar-refractivity contribution in [1.82, 2.24) is 10.3 Å². The molecule has 0 radical (unpaired) electrons. The summed E-state index contributed by atoms with van der Waals surface area (Å²) in [5.74, 6) is 0. The van der Waals surface area contributed by atoms with E-state index in [0.29, 0.717) is 11.7 Å². The molecule has 0 atom stereocenters. The number of para-hydroxylation sites is 1. The summed E-state index contributed by atoms with van der Waals surface area (Å²) in [6, 6.07) is 9.88. The summed E-state index contributed by atoms with van der Waals surface area (Å²) >= 11 is 6.95. The zero-order valence-electron chi connectivity index (χ0n) is 10.1. The molecule has 5 heteroatoms. The van der Waals surface area contributed by atoms with E-state index in [4.69, 9.17) is 12.2 Å². The van der Waals surface area contributed by atoms with Crippen LogP contribution in [0.1, 0.15) is 16.8 Å². The Kier molecular flexibility index (Phi) is 4.66. The first-order valence-corrected chi connectivity index (χ1v) is 7.04. The van der Waals surface area contributed by atoms with Crippen molar-refractivity contribution in [3.63, 3.8) is 0 Å². The molecule has 0 saturated heterocycles. The number of rotatable bonds is 4. The second-order valence-corrected chi connectivity index (χ2v) is 5.36. The molecule has 0 saturated carbocycles. The molecule has 3 nitrogen and oxygen atoms in total. The third kappa shape index (κ3) is 3.78. The number of hydrogen-bond acceptors (Lipinski definition) is 3. The third-order valence-electron chi connectivity index (χ3n) is 2.38. The van der Waals surface area contributed by atoms with Crippen LogP contribution in [0.15, 0.2) is 36.5 Å². The van der Waals surface area contributed by atoms with E-state index in [1.54, 1.807) is 11.3 Å². The zero-order chi connectivity index (χ0) is 12.8. The lowest BCUT2D eigenvalue weighted by Gasteiger charge is -2.08. The minimum absolute atomic E-state index is 0.620. The van der Waals surface area contributed by atoms with Crippen LogP contribution in [0.25, 0.3) is 0 Å². The Morgan fingerprint density at radius 2 is 2.11 bits per heavy atom. The number of nitrogens with zero attached hydrogens (tertiary/aromatic N) is 1. The van der Waals surface area contributed by atoms with Gasteiger partial charge in [-0.2, -0.15) is 0 Å². The van der Waals surface area contributed by atoms with Gasteiger partial charge < -0.3 is 10.6 Å². The topological polar surface area (TPSA) is 37.0 Å². The first kappa shape index (κ1) is 13.0. The summed E-state index contributed by atoms with van der Waals surface area (Å²) < 4.78 is 0. The lowest BCUT2D eigenvalue weighted by atomic mass is 10.3. The average Bonchev–Trinajstić information content (AvgIpc) is 2.85. The van der Waals surface area contributed by atoms with Gasteiger partial charge in [0.25, 0.3) is 0 Å². The molecule has 2 rings (SSSR count). The van der Waals surface area contributed by atoms with Gasteiger partial charge in [-0.3, -0.25) is 0 Å². The fourth-order valence-corrected chi connectivity index (χ4v) is 2.44. The number of aromatic nitrogens is 1. The van der Waals surface area contributed by atoms with Crippen molar-refractivity contribution in [2.75, 3.05) is 5.32 Å². The van der Waals surface area contributed by atoms with Crippen LogP contribution in [0.2, 0.25) is 0 Å². The van der Waals surface area contributed by atoms with Crippen LogP contribution in [0, 0.1) is 0 Å². The summed E-state index contributed by atoms with van der Waals surface area (Å²) in [6.45, 7) is 2.80. The molecule has 1 heterocycles. The Morgan fingerprint density at radius 3 is 2.78 bits per heavy atom. The van der Waals surface area contributed by atoms with E-state index in [1.807, 2.05) is 36.5 Å². The standard InChI is InChI=1S/C13H15N3S2/c1-2-11-8-14-12(18-11)9-15-13(17)16-10-6-4-3-5-7-10/h3-8H,2,9H2,1H3,(H2,15,16,17). The highest BCUT2D eigenvalue weighted by atomic mass is 32.1. The van der Waals surface area contributed by atoms with Gasteiger partial charge in [-0.15, -0.1) is 11.3 Å². The second-order valence-electron chi connectivity index (χ2n) is 3.75. The van der Waals surface area contributed by atoms with Crippen LogP contribution in [-0.4, -0.2) is 10.1 Å². The van der Waals surface area contributed by atoms with E-state index < -0.39 is 0 Å². The second kappa shape index (κ2) is 6.47. The summed E-state index contributed by atoms with van der Waals surface area (Å²) in [4.78, 5) is 5.63. The maximum absolute atomic E-state index is 5.22. The number of nitrogens with one attached hydrogen (secondary N) is 2. The fourth-order valence-electron chi connectivity index (χ4n) is 1.45. The van der Waals surface area contributed by atoms with E-state index in [2.05, 4.69) is 22.5 Å². The largest absolute Gasteiger partial charge is 0.356 e. The Hall–Kier alpha value is -1.46. The monoisotopic (exact) mass is 277 g/mol. The molecule has 18 heavy (non-hydrogen) atoms. The van der Waals surface area contributed by atoms with Gasteiger partial charge in [0.15, 0.2) is 5.11 Å². The van der Waals surface area contributed by atoms with Crippen molar-refractivity contribution in [2.45, 2.75) is 19.9 Å². The maximum Gasteiger partial charge on any atom is 0.171 e. The van der Waals surface area contributed by atoms with Crippen LogP contribution < -0.4 is 10.6 Å². The molecular formula is C13H15N3S2. The van der Waals surface area contributed by atoms with Crippen LogP contribution >= 0.6 is 23.6 Å². The lowest BCUT2D eigenvalue weighted by molar-refractivity contribution is 0.910. The van der Waals surface area contributed by atoms with Gasteiger partial charge in [-0.05, 0) is 30.8 Å². The molecule has 2 aromatic rings. The highest BCUT2D eigenvalue weighted by Crippen LogP contribution is 2.13. The van der Waals surface area contributed by atoms with E-state index in [-0.39, 0.29) is 0 Å². The van der Waals surface area contributed by atoms with Gasteiger partial charge in [0, 0.05) is 16.8 Å². The molecular weight excluding hydrogens is 262 g/mol. The van der Waals surface area contributed by atoms with Crippen LogP contribution in [0.5, 0.6) is 0 Å². The Labute approximate surface area is 116 Å². The van der Waals surface area contributed by atoms with Gasteiger partial charge >= 0.3 is 0 Å². The predicted octanol–water partition coefficient (Wildman–Crippen LogP) is 3.19. The minimum atomic E-state index is 0.620. The molecule has 0 spiro atoms. The first-order valence-electron chi connectivity index (χ1n) is 5.81. The van der Waals surface area contributed by atoms with Gasteiger partial charge in [0.1, 0.15) is 5.01 Å². The van der Waals surface area contributed by atoms with Gasteiger partial charge in [0.05, 0.1) is 6.54 Å². The molecule has 0 fully saturated rings. The van der Waals surface area contributed by atoms with Crippen molar-refractivity contribution < 1.29 is 0 Å². The van der Waals surface area contributed by atoms with Gasteiger partial charge in [-0.1, -0.05) is 25.1 Å². The number of thiocarbonyl (C=S) groups is 1. The minimum Gasteiger partial charge on any atom is -0.356 e. The SMILES string of the molecule is CCc1cnc(CNC(=S)Nc2ccccc2)s1. The molecule has 0 unspecified atom stereocenters. The van der Waals surface area contributed by atoms with Crippen LogP contribution in [0.3, 0.4) is 0 Å². The number of hydrogen-bond donors (Lipinski definition) is 2. The zero-order valence-corrected chi connectivity index (χ0v) is 11.8. The number of thiazole rings is 1. The van der Waals surface area contributed by atoms with Crippen molar-refractivity contribution in [2.24, 2.45) is 0 Å². The van der Waals surface area contributed by atoms with E-state index in [1.165, 1.54) is 4.88 Å². The van der Waals surface area contributed by atoms with Crippen molar-refractivity contribution in [3.8, 4) is 0 Å². The summed E-state index contributed by atoms with van der Waals surface area (Å²) in [7, 11) is 0. The number of benzene rings is 1. The van der Waals surface area contributed by atoms with Crippen LogP contribution in [-0.2, 0) is 13.0 Å². The maximum atomic E-state index is 5.22.